The lowest BCUT2D eigenvalue weighted by Gasteiger charge is -2.12. The number of esters is 1. The van der Waals surface area contributed by atoms with Gasteiger partial charge in [0.1, 0.15) is 5.82 Å². The van der Waals surface area contributed by atoms with Crippen molar-refractivity contribution in [3.63, 3.8) is 0 Å². The Balaban J connectivity index is 2.02. The predicted molar refractivity (Wildman–Crippen MR) is 67.3 cm³/mol. The molecule has 6 nitrogen and oxygen atoms in total. The van der Waals surface area contributed by atoms with Crippen LogP contribution < -0.4 is 11.1 Å². The molecule has 1 aromatic rings. The Labute approximate surface area is 106 Å². The molecule has 0 saturated heterocycles. The Morgan fingerprint density at radius 2 is 2.33 bits per heavy atom. The number of nitrogens with zero attached hydrogens (tertiary/aromatic N) is 2. The van der Waals surface area contributed by atoms with E-state index in [9.17, 15) is 4.79 Å². The van der Waals surface area contributed by atoms with E-state index in [1.165, 1.54) is 20.0 Å². The van der Waals surface area contributed by atoms with Crippen LogP contribution in [0, 0.1) is 12.8 Å². The van der Waals surface area contributed by atoms with Gasteiger partial charge in [-0.25, -0.2) is 14.8 Å². The summed E-state index contributed by atoms with van der Waals surface area (Å²) in [4.78, 5) is 19.5. The molecule has 1 saturated carbocycles. The highest BCUT2D eigenvalue weighted by atomic mass is 16.5. The fourth-order valence-corrected chi connectivity index (χ4v) is 1.76. The minimum atomic E-state index is -0.534. The number of ether oxygens (including phenoxy) is 1. The van der Waals surface area contributed by atoms with Crippen LogP contribution in [0.15, 0.2) is 6.07 Å². The van der Waals surface area contributed by atoms with E-state index in [1.54, 1.807) is 13.0 Å². The average molecular weight is 250 g/mol. The molecule has 0 aliphatic heterocycles. The van der Waals surface area contributed by atoms with E-state index in [-0.39, 0.29) is 11.9 Å². The molecular formula is C12H18N4O2. The molecular weight excluding hydrogens is 232 g/mol. The van der Waals surface area contributed by atoms with Gasteiger partial charge < -0.3 is 15.8 Å². The van der Waals surface area contributed by atoms with Crippen LogP contribution in [0.3, 0.4) is 0 Å². The summed E-state index contributed by atoms with van der Waals surface area (Å²) in [6.45, 7) is 2.46. The maximum atomic E-state index is 11.4. The molecule has 1 aliphatic carbocycles. The summed E-state index contributed by atoms with van der Waals surface area (Å²) >= 11 is 0. The Morgan fingerprint density at radius 3 is 2.94 bits per heavy atom. The second-order valence-electron chi connectivity index (χ2n) is 4.59. The number of aromatic nitrogens is 2. The van der Waals surface area contributed by atoms with Crippen molar-refractivity contribution in [1.82, 2.24) is 9.97 Å². The van der Waals surface area contributed by atoms with Gasteiger partial charge in [0.05, 0.1) is 7.11 Å². The van der Waals surface area contributed by atoms with Crippen molar-refractivity contribution < 1.29 is 9.53 Å². The van der Waals surface area contributed by atoms with Gasteiger partial charge in [0, 0.05) is 24.3 Å². The summed E-state index contributed by atoms with van der Waals surface area (Å²) in [6, 6.07) is 1.92. The zero-order valence-electron chi connectivity index (χ0n) is 10.6. The van der Waals surface area contributed by atoms with E-state index in [0.717, 1.165) is 0 Å². The predicted octanol–water partition coefficient (Wildman–Crippen LogP) is 0.721. The second-order valence-corrected chi connectivity index (χ2v) is 4.59. The summed E-state index contributed by atoms with van der Waals surface area (Å²) in [5, 5.41) is 3.14. The Bertz CT molecular complexity index is 446. The highest BCUT2D eigenvalue weighted by Crippen LogP contribution is 2.31. The van der Waals surface area contributed by atoms with Crippen LogP contribution in [0.4, 0.5) is 5.82 Å². The van der Waals surface area contributed by atoms with E-state index in [0.29, 0.717) is 24.0 Å². The van der Waals surface area contributed by atoms with Crippen LogP contribution in [-0.4, -0.2) is 35.6 Å². The highest BCUT2D eigenvalue weighted by molar-refractivity contribution is 5.85. The van der Waals surface area contributed by atoms with E-state index in [1.807, 2.05) is 0 Å². The number of hydrogen-bond donors (Lipinski definition) is 2. The number of anilines is 1. The third-order valence-corrected chi connectivity index (χ3v) is 2.97. The number of nitrogens with two attached hydrogens (primary N) is 1. The summed E-state index contributed by atoms with van der Waals surface area (Å²) in [7, 11) is 1.31. The van der Waals surface area contributed by atoms with Crippen molar-refractivity contribution >= 4 is 11.8 Å². The quantitative estimate of drug-likeness (QED) is 0.748. The van der Waals surface area contributed by atoms with Gasteiger partial charge in [-0.2, -0.15) is 0 Å². The van der Waals surface area contributed by atoms with Crippen molar-refractivity contribution in [1.29, 1.82) is 0 Å². The van der Waals surface area contributed by atoms with E-state index >= 15 is 0 Å². The van der Waals surface area contributed by atoms with Gasteiger partial charge in [0.15, 0.2) is 0 Å². The molecule has 1 aliphatic rings. The van der Waals surface area contributed by atoms with Gasteiger partial charge in [0.2, 0.25) is 5.82 Å². The van der Waals surface area contributed by atoms with Crippen LogP contribution in [-0.2, 0) is 4.74 Å². The topological polar surface area (TPSA) is 90.1 Å². The Morgan fingerprint density at radius 1 is 1.61 bits per heavy atom. The molecule has 0 aromatic carbocycles. The summed E-state index contributed by atoms with van der Waals surface area (Å²) in [5.74, 6) is 0.771. The fourth-order valence-electron chi connectivity index (χ4n) is 1.76. The van der Waals surface area contributed by atoms with Crippen molar-refractivity contribution in [2.45, 2.75) is 25.8 Å². The lowest BCUT2D eigenvalue weighted by molar-refractivity contribution is 0.0586. The molecule has 1 aromatic heterocycles. The fraction of sp³-hybridized carbons (Fsp3) is 0.583. The van der Waals surface area contributed by atoms with Crippen molar-refractivity contribution in [3.05, 3.63) is 17.6 Å². The maximum absolute atomic E-state index is 11.4. The molecule has 6 heteroatoms. The first-order chi connectivity index (χ1) is 8.60. The first-order valence-electron chi connectivity index (χ1n) is 6.03. The normalized spacial score (nSPS) is 16.2. The zero-order chi connectivity index (χ0) is 13.1. The van der Waals surface area contributed by atoms with Gasteiger partial charge in [-0.15, -0.1) is 0 Å². The van der Waals surface area contributed by atoms with Crippen molar-refractivity contribution in [2.75, 3.05) is 19.0 Å². The van der Waals surface area contributed by atoms with E-state index in [2.05, 4.69) is 20.0 Å². The average Bonchev–Trinajstić information content (AvgIpc) is 3.18. The zero-order valence-corrected chi connectivity index (χ0v) is 10.6. The third-order valence-electron chi connectivity index (χ3n) is 2.97. The van der Waals surface area contributed by atoms with Gasteiger partial charge in [-0.1, -0.05) is 0 Å². The Kier molecular flexibility index (Phi) is 3.76. The lowest BCUT2D eigenvalue weighted by atomic mass is 10.2. The summed E-state index contributed by atoms with van der Waals surface area (Å²) in [6.07, 6.45) is 2.41. The van der Waals surface area contributed by atoms with Crippen LogP contribution in [0.25, 0.3) is 0 Å². The van der Waals surface area contributed by atoms with Crippen LogP contribution >= 0.6 is 0 Å². The highest BCUT2D eigenvalue weighted by Gasteiger charge is 2.28. The number of aryl methyl sites for hydroxylation is 1. The van der Waals surface area contributed by atoms with Gasteiger partial charge in [0.25, 0.3) is 0 Å². The number of nitrogens with one attached hydrogen (secondary N) is 1. The lowest BCUT2D eigenvalue weighted by Crippen LogP contribution is -2.31. The van der Waals surface area contributed by atoms with Gasteiger partial charge in [-0.05, 0) is 25.7 Å². The minimum absolute atomic E-state index is 0.0694. The molecule has 0 bridgehead atoms. The molecule has 1 heterocycles. The molecule has 2 rings (SSSR count). The largest absolute Gasteiger partial charge is 0.463 e. The van der Waals surface area contributed by atoms with Crippen LogP contribution in [0.5, 0.6) is 0 Å². The van der Waals surface area contributed by atoms with Crippen LogP contribution in [0.2, 0.25) is 0 Å². The third kappa shape index (κ3) is 3.16. The van der Waals surface area contributed by atoms with Crippen molar-refractivity contribution in [3.8, 4) is 0 Å². The second kappa shape index (κ2) is 5.30. The molecule has 1 unspecified atom stereocenters. The molecule has 18 heavy (non-hydrogen) atoms. The van der Waals surface area contributed by atoms with Crippen LogP contribution in [0.1, 0.15) is 29.2 Å². The Hall–Kier alpha value is -1.69. The summed E-state index contributed by atoms with van der Waals surface area (Å²) < 4.78 is 4.60. The first-order valence-corrected chi connectivity index (χ1v) is 6.03. The monoisotopic (exact) mass is 250 g/mol. The number of methoxy groups -OCH3 is 1. The SMILES string of the molecule is COC(=O)c1nc(C)cc(NCC(N)C2CC2)n1. The first kappa shape index (κ1) is 12.8. The number of hydrogen-bond acceptors (Lipinski definition) is 6. The number of carbonyl (C=O) groups excluding carboxylic acids is 1. The van der Waals surface area contributed by atoms with E-state index in [4.69, 9.17) is 5.73 Å². The molecule has 1 fully saturated rings. The smallest absolute Gasteiger partial charge is 0.376 e. The molecule has 3 N–H and O–H groups in total. The van der Waals surface area contributed by atoms with E-state index < -0.39 is 5.97 Å². The van der Waals surface area contributed by atoms with Crippen molar-refractivity contribution in [2.24, 2.45) is 11.7 Å². The minimum Gasteiger partial charge on any atom is -0.463 e. The number of rotatable bonds is 5. The molecule has 0 spiro atoms. The maximum Gasteiger partial charge on any atom is 0.376 e. The summed E-state index contributed by atoms with van der Waals surface area (Å²) in [5.41, 5.74) is 6.71. The number of carbonyl (C=O) groups is 1. The molecule has 98 valence electrons. The molecule has 1 atom stereocenters. The molecule has 0 radical (unpaired) electrons. The van der Waals surface area contributed by atoms with Gasteiger partial charge in [-0.3, -0.25) is 0 Å². The van der Waals surface area contributed by atoms with Gasteiger partial charge >= 0.3 is 5.97 Å². The molecule has 0 amide bonds. The standard InChI is InChI=1S/C12H18N4O2/c1-7-5-10(14-6-9(13)8-3-4-8)16-11(15-7)12(17)18-2/h5,8-9H,3-4,6,13H2,1-2H3,(H,14,15,16).